The van der Waals surface area contributed by atoms with Crippen LogP contribution in [-0.2, 0) is 22.5 Å². The fourth-order valence-electron chi connectivity index (χ4n) is 6.06. The first kappa shape index (κ1) is 30.1. The molecular weight excluding hydrogens is 583 g/mol. The van der Waals surface area contributed by atoms with Gasteiger partial charge in [0.1, 0.15) is 25.1 Å². The summed E-state index contributed by atoms with van der Waals surface area (Å²) in [6.07, 6.45) is 5.56. The van der Waals surface area contributed by atoms with Crippen molar-refractivity contribution >= 4 is 39.8 Å². The maximum absolute atomic E-state index is 12.8. The number of halogens is 2. The lowest BCUT2D eigenvalue weighted by Crippen LogP contribution is -2.56. The van der Waals surface area contributed by atoms with Gasteiger partial charge in [-0.1, -0.05) is 35.9 Å². The van der Waals surface area contributed by atoms with E-state index in [1.54, 1.807) is 4.90 Å². The Labute approximate surface area is 262 Å². The second-order valence-corrected chi connectivity index (χ2v) is 11.9. The highest BCUT2D eigenvalue weighted by Gasteiger charge is 2.35. The number of nitrogens with zero attached hydrogens (tertiary/aromatic N) is 6. The number of hydrogen-bond acceptors (Lipinski definition) is 7. The van der Waals surface area contributed by atoms with E-state index in [4.69, 9.17) is 37.6 Å². The van der Waals surface area contributed by atoms with E-state index in [0.717, 1.165) is 52.9 Å². The number of anilines is 2. The lowest BCUT2D eigenvalue weighted by Gasteiger charge is -2.41. The summed E-state index contributed by atoms with van der Waals surface area (Å²) in [6.45, 7) is 11.9. The Morgan fingerprint density at radius 1 is 1.18 bits per heavy atom. The third-order valence-corrected chi connectivity index (χ3v) is 8.62. The van der Waals surface area contributed by atoms with Crippen molar-refractivity contribution in [3.8, 4) is 6.01 Å². The molecule has 1 aromatic heterocycles. The fourth-order valence-corrected chi connectivity index (χ4v) is 6.34. The summed E-state index contributed by atoms with van der Waals surface area (Å²) in [4.78, 5) is 32.3. The first-order valence-electron chi connectivity index (χ1n) is 15.2. The maximum Gasteiger partial charge on any atom is 0.318 e. The molecule has 9 nitrogen and oxygen atoms in total. The lowest BCUT2D eigenvalue weighted by atomic mass is 10.0. The summed E-state index contributed by atoms with van der Waals surface area (Å²) in [5, 5.41) is 2.81. The highest BCUT2D eigenvalue weighted by Crippen LogP contribution is 2.37. The molecular formula is C33H36ClFN6O3. The van der Waals surface area contributed by atoms with E-state index in [-0.39, 0.29) is 30.6 Å². The normalized spacial score (nSPS) is 19.2. The van der Waals surface area contributed by atoms with Crippen LogP contribution in [0.3, 0.4) is 0 Å². The monoisotopic (exact) mass is 618 g/mol. The van der Waals surface area contributed by atoms with E-state index in [9.17, 15) is 9.18 Å². The van der Waals surface area contributed by atoms with Crippen molar-refractivity contribution in [1.29, 1.82) is 0 Å². The van der Waals surface area contributed by atoms with Gasteiger partial charge in [0.15, 0.2) is 0 Å². The largest absolute Gasteiger partial charge is 0.461 e. The van der Waals surface area contributed by atoms with Gasteiger partial charge in [-0.25, -0.2) is 11.0 Å². The summed E-state index contributed by atoms with van der Waals surface area (Å²) >= 11 is 6.68. The molecule has 0 N–H and O–H groups in total. The quantitative estimate of drug-likeness (QED) is 0.227. The van der Waals surface area contributed by atoms with Crippen LogP contribution in [0.1, 0.15) is 31.0 Å². The summed E-state index contributed by atoms with van der Waals surface area (Å²) < 4.78 is 24.8. The van der Waals surface area contributed by atoms with Crippen LogP contribution in [0.5, 0.6) is 6.01 Å². The topological polar surface area (TPSA) is 75.4 Å². The molecule has 1 amide bonds. The minimum absolute atomic E-state index is 0.0881. The zero-order valence-corrected chi connectivity index (χ0v) is 25.5. The first-order valence-corrected chi connectivity index (χ1v) is 15.5. The van der Waals surface area contributed by atoms with Gasteiger partial charge < -0.3 is 29.0 Å². The van der Waals surface area contributed by atoms with Gasteiger partial charge in [-0.3, -0.25) is 4.79 Å². The van der Waals surface area contributed by atoms with Gasteiger partial charge in [-0.05, 0) is 49.8 Å². The first-order chi connectivity index (χ1) is 21.4. The van der Waals surface area contributed by atoms with Crippen LogP contribution in [0.25, 0.3) is 15.6 Å². The highest BCUT2D eigenvalue weighted by atomic mass is 35.5. The van der Waals surface area contributed by atoms with Gasteiger partial charge in [0.2, 0.25) is 12.5 Å². The van der Waals surface area contributed by atoms with Crippen molar-refractivity contribution < 1.29 is 18.7 Å². The number of hydrogen-bond donors (Lipinski definition) is 0. The molecule has 2 fully saturated rings. The van der Waals surface area contributed by atoms with E-state index < -0.39 is 6.67 Å². The number of amides is 1. The van der Waals surface area contributed by atoms with Crippen LogP contribution < -0.4 is 14.5 Å². The minimum atomic E-state index is -0.707. The average Bonchev–Trinajstić information content (AvgIpc) is 3.86. The molecule has 44 heavy (non-hydrogen) atoms. The maximum atomic E-state index is 12.8. The molecule has 1 saturated carbocycles. The molecule has 6 rings (SSSR count). The summed E-state index contributed by atoms with van der Waals surface area (Å²) in [6, 6.07) is 12.1. The van der Waals surface area contributed by atoms with Crippen LogP contribution in [0.2, 0.25) is 5.02 Å². The van der Waals surface area contributed by atoms with Crippen LogP contribution in [0, 0.1) is 6.57 Å². The second kappa shape index (κ2) is 13.4. The molecule has 1 aliphatic carbocycles. The third-order valence-electron chi connectivity index (χ3n) is 8.31. The van der Waals surface area contributed by atoms with Crippen LogP contribution in [-0.4, -0.2) is 85.0 Å². The zero-order chi connectivity index (χ0) is 30.6. The summed E-state index contributed by atoms with van der Waals surface area (Å²) in [7, 11) is 0. The molecule has 11 heteroatoms. The molecule has 0 unspecified atom stereocenters. The average molecular weight is 619 g/mol. The minimum Gasteiger partial charge on any atom is -0.461 e. The second-order valence-electron chi connectivity index (χ2n) is 11.5. The van der Waals surface area contributed by atoms with Crippen molar-refractivity contribution in [1.82, 2.24) is 14.9 Å². The number of rotatable bonds is 10. The lowest BCUT2D eigenvalue weighted by molar-refractivity contribution is -0.128. The Hall–Kier alpha value is -3.94. The number of ether oxygens (including phenoxy) is 2. The highest BCUT2D eigenvalue weighted by molar-refractivity contribution is 6.36. The van der Waals surface area contributed by atoms with Crippen LogP contribution >= 0.6 is 11.6 Å². The summed E-state index contributed by atoms with van der Waals surface area (Å²) in [5.41, 5.74) is 2.97. The Balaban J connectivity index is 1.31. The molecule has 3 aromatic rings. The fraction of sp³-hybridized carbons (Fsp3) is 0.455. The van der Waals surface area contributed by atoms with Crippen molar-refractivity contribution in [2.75, 3.05) is 55.8 Å². The summed E-state index contributed by atoms with van der Waals surface area (Å²) in [5.74, 6) is 0.497. The number of carbonyl (C=O) groups excluding carboxylic acids is 1. The van der Waals surface area contributed by atoms with Crippen molar-refractivity contribution in [3.63, 3.8) is 0 Å². The van der Waals surface area contributed by atoms with E-state index in [1.165, 1.54) is 12.2 Å². The molecule has 1 saturated heterocycles. The SMILES string of the molecule is [C-]#[N+]C[C@H]1CN(c2nc(OC[C@H](C)OC3CC3)nc3c2CCN(c2cccc4cccc(Cl)c24)C3)CCN1C(=O)/C=C/CF. The van der Waals surface area contributed by atoms with Gasteiger partial charge in [-0.2, -0.15) is 9.97 Å². The molecule has 0 radical (unpaired) electrons. The molecule has 2 aliphatic heterocycles. The van der Waals surface area contributed by atoms with Crippen molar-refractivity contribution in [3.05, 3.63) is 76.2 Å². The Morgan fingerprint density at radius 2 is 2.00 bits per heavy atom. The molecule has 0 spiro atoms. The molecule has 230 valence electrons. The van der Waals surface area contributed by atoms with E-state index in [2.05, 4.69) is 32.8 Å². The Kier molecular flexibility index (Phi) is 9.14. The van der Waals surface area contributed by atoms with Crippen LogP contribution in [0.15, 0.2) is 48.6 Å². The molecule has 2 aromatic carbocycles. The van der Waals surface area contributed by atoms with Gasteiger partial charge in [0, 0.05) is 48.9 Å². The number of piperazine rings is 1. The van der Waals surface area contributed by atoms with Gasteiger partial charge >= 0.3 is 6.01 Å². The standard InChI is InChI=1S/C33H36ClFN6O3/c1-22(44-25-11-12-25)21-43-33-37-28-20-39(29-9-4-7-23-6-3-8-27(34)31(23)29)15-13-26(28)32(38-33)40-16-17-41(24(19-40)18-36-2)30(42)10-5-14-35/h3-10,22,24-25H,11-21H2,1H3/b10-5+/t22-,24-/m0/s1. The number of allylic oxidation sites excluding steroid dienone is 1. The number of aromatic nitrogens is 2. The van der Waals surface area contributed by atoms with Gasteiger partial charge in [0.25, 0.3) is 0 Å². The predicted molar refractivity (Wildman–Crippen MR) is 169 cm³/mol. The number of carbonyl (C=O) groups is 1. The number of fused-ring (bicyclic) bond motifs is 2. The molecule has 0 bridgehead atoms. The number of benzene rings is 2. The smallest absolute Gasteiger partial charge is 0.318 e. The van der Waals surface area contributed by atoms with E-state index in [0.29, 0.717) is 50.3 Å². The molecule has 3 aliphatic rings. The van der Waals surface area contributed by atoms with Crippen molar-refractivity contribution in [2.45, 2.75) is 51.0 Å². The van der Waals surface area contributed by atoms with Gasteiger partial charge in [0.05, 0.1) is 29.5 Å². The number of alkyl halides is 1. The van der Waals surface area contributed by atoms with Crippen molar-refractivity contribution in [2.24, 2.45) is 0 Å². The molecule has 2 atom stereocenters. The zero-order valence-electron chi connectivity index (χ0n) is 24.8. The Morgan fingerprint density at radius 3 is 2.77 bits per heavy atom. The molecule has 3 heterocycles. The third kappa shape index (κ3) is 6.59. The van der Waals surface area contributed by atoms with E-state index in [1.807, 2.05) is 25.1 Å². The van der Waals surface area contributed by atoms with E-state index >= 15 is 0 Å². The Bertz CT molecular complexity index is 1590. The predicted octanol–water partition coefficient (Wildman–Crippen LogP) is 5.25. The van der Waals surface area contributed by atoms with Gasteiger partial charge in [-0.15, -0.1) is 0 Å². The van der Waals surface area contributed by atoms with Crippen LogP contribution in [0.4, 0.5) is 15.9 Å².